The van der Waals surface area contributed by atoms with Crippen molar-refractivity contribution in [1.29, 1.82) is 0 Å². The van der Waals surface area contributed by atoms with Gasteiger partial charge in [0.1, 0.15) is 0 Å². The number of hydrogen-bond acceptors (Lipinski definition) is 1. The van der Waals surface area contributed by atoms with Gasteiger partial charge in [-0.05, 0) is 30.4 Å². The number of aryl methyl sites for hydroxylation is 1. The van der Waals surface area contributed by atoms with Gasteiger partial charge in [0, 0.05) is 5.02 Å². The molecule has 2 heteroatoms. The topological polar surface area (TPSA) is 20.2 Å². The highest BCUT2D eigenvalue weighted by molar-refractivity contribution is 6.32. The highest BCUT2D eigenvalue weighted by Gasteiger charge is 2.17. The van der Waals surface area contributed by atoms with Crippen LogP contribution in [-0.4, -0.2) is 5.11 Å². The maximum Gasteiger partial charge on any atom is 0.0807 e. The van der Waals surface area contributed by atoms with Crippen molar-refractivity contribution in [3.8, 4) is 0 Å². The van der Waals surface area contributed by atoms with E-state index in [1.54, 1.807) is 0 Å². The van der Waals surface area contributed by atoms with Crippen LogP contribution in [-0.2, 0) is 0 Å². The van der Waals surface area contributed by atoms with Gasteiger partial charge in [-0.15, -0.1) is 0 Å². The van der Waals surface area contributed by atoms with Gasteiger partial charge in [-0.3, -0.25) is 0 Å². The lowest BCUT2D eigenvalue weighted by atomic mass is 9.90. The molecule has 1 nitrogen and oxygen atoms in total. The van der Waals surface area contributed by atoms with E-state index in [4.69, 9.17) is 11.6 Å². The highest BCUT2D eigenvalue weighted by Crippen LogP contribution is 2.32. The summed E-state index contributed by atoms with van der Waals surface area (Å²) in [5.41, 5.74) is 1.92. The van der Waals surface area contributed by atoms with Crippen LogP contribution in [0.4, 0.5) is 0 Å². The van der Waals surface area contributed by atoms with Crippen LogP contribution in [0.1, 0.15) is 63.2 Å². The third-order valence-electron chi connectivity index (χ3n) is 3.68. The van der Waals surface area contributed by atoms with Crippen molar-refractivity contribution in [1.82, 2.24) is 0 Å². The Morgan fingerprint density at radius 1 is 1.28 bits per heavy atom. The van der Waals surface area contributed by atoms with Crippen LogP contribution in [0, 0.1) is 12.8 Å². The zero-order chi connectivity index (χ0) is 13.5. The molecule has 0 heterocycles. The lowest BCUT2D eigenvalue weighted by molar-refractivity contribution is 0.139. The number of aliphatic hydroxyl groups excluding tert-OH is 1. The summed E-state index contributed by atoms with van der Waals surface area (Å²) in [6.07, 6.45) is 5.18. The van der Waals surface area contributed by atoms with Gasteiger partial charge in [0.05, 0.1) is 6.10 Å². The van der Waals surface area contributed by atoms with E-state index in [2.05, 4.69) is 13.8 Å². The lowest BCUT2D eigenvalue weighted by Gasteiger charge is -2.20. The SMILES string of the molecule is CCCCC(CC)CC(O)c1cccc(C)c1Cl. The molecule has 102 valence electrons. The molecule has 0 aliphatic rings. The van der Waals surface area contributed by atoms with Crippen molar-refractivity contribution in [3.63, 3.8) is 0 Å². The number of unbranched alkanes of at least 4 members (excludes halogenated alkanes) is 1. The molecule has 0 saturated carbocycles. The molecule has 0 aliphatic carbocycles. The van der Waals surface area contributed by atoms with Gasteiger partial charge in [-0.2, -0.15) is 0 Å². The predicted molar refractivity (Wildman–Crippen MR) is 79.1 cm³/mol. The van der Waals surface area contributed by atoms with Crippen molar-refractivity contribution in [3.05, 3.63) is 34.3 Å². The van der Waals surface area contributed by atoms with E-state index in [1.165, 1.54) is 19.3 Å². The fraction of sp³-hybridized carbons (Fsp3) is 0.625. The predicted octanol–water partition coefficient (Wildman–Crippen LogP) is 5.29. The number of rotatable bonds is 7. The lowest BCUT2D eigenvalue weighted by Crippen LogP contribution is -2.08. The minimum atomic E-state index is -0.431. The summed E-state index contributed by atoms with van der Waals surface area (Å²) < 4.78 is 0. The van der Waals surface area contributed by atoms with Gasteiger partial charge in [0.25, 0.3) is 0 Å². The van der Waals surface area contributed by atoms with Crippen LogP contribution in [0.25, 0.3) is 0 Å². The van der Waals surface area contributed by atoms with Crippen molar-refractivity contribution in [2.75, 3.05) is 0 Å². The molecule has 0 fully saturated rings. The molecule has 1 N–H and O–H groups in total. The second-order valence-electron chi connectivity index (χ2n) is 5.15. The summed E-state index contributed by atoms with van der Waals surface area (Å²) in [6.45, 7) is 6.39. The molecule has 2 atom stereocenters. The molecule has 0 aliphatic heterocycles. The minimum Gasteiger partial charge on any atom is -0.388 e. The first-order valence-corrected chi connectivity index (χ1v) is 7.41. The van der Waals surface area contributed by atoms with Crippen LogP contribution < -0.4 is 0 Å². The smallest absolute Gasteiger partial charge is 0.0807 e. The van der Waals surface area contributed by atoms with Gasteiger partial charge in [-0.1, -0.05) is 69.3 Å². The third-order valence-corrected chi connectivity index (χ3v) is 4.20. The number of halogens is 1. The molecule has 1 aromatic carbocycles. The average Bonchev–Trinajstić information content (AvgIpc) is 2.37. The maximum atomic E-state index is 10.3. The normalized spacial score (nSPS) is 14.5. The van der Waals surface area contributed by atoms with Gasteiger partial charge in [0.2, 0.25) is 0 Å². The Morgan fingerprint density at radius 3 is 2.61 bits per heavy atom. The molecule has 0 spiro atoms. The Balaban J connectivity index is 2.68. The first kappa shape index (κ1) is 15.5. The second kappa shape index (κ2) is 7.81. The summed E-state index contributed by atoms with van der Waals surface area (Å²) in [4.78, 5) is 0. The van der Waals surface area contributed by atoms with Crippen LogP contribution in [0.3, 0.4) is 0 Å². The van der Waals surface area contributed by atoms with Crippen molar-refractivity contribution in [2.24, 2.45) is 5.92 Å². The molecule has 0 amide bonds. The first-order chi connectivity index (χ1) is 8.60. The quantitative estimate of drug-likeness (QED) is 0.712. The molecule has 2 unspecified atom stereocenters. The summed E-state index contributed by atoms with van der Waals surface area (Å²) in [6, 6.07) is 5.88. The summed E-state index contributed by atoms with van der Waals surface area (Å²) in [5.74, 6) is 0.594. The van der Waals surface area contributed by atoms with E-state index in [1.807, 2.05) is 25.1 Å². The highest BCUT2D eigenvalue weighted by atomic mass is 35.5. The van der Waals surface area contributed by atoms with E-state index in [-0.39, 0.29) is 0 Å². The second-order valence-corrected chi connectivity index (χ2v) is 5.52. The zero-order valence-electron chi connectivity index (χ0n) is 11.7. The van der Waals surface area contributed by atoms with Gasteiger partial charge in [0.15, 0.2) is 0 Å². The Morgan fingerprint density at radius 2 is 2.00 bits per heavy atom. The monoisotopic (exact) mass is 268 g/mol. The molecular weight excluding hydrogens is 244 g/mol. The fourth-order valence-corrected chi connectivity index (χ4v) is 2.60. The van der Waals surface area contributed by atoms with Crippen LogP contribution in [0.2, 0.25) is 5.02 Å². The molecule has 0 saturated heterocycles. The number of benzene rings is 1. The minimum absolute atomic E-state index is 0.431. The number of hydrogen-bond donors (Lipinski definition) is 1. The zero-order valence-corrected chi connectivity index (χ0v) is 12.5. The largest absolute Gasteiger partial charge is 0.388 e. The molecule has 0 bridgehead atoms. The van der Waals surface area contributed by atoms with Crippen LogP contribution >= 0.6 is 11.6 Å². The van der Waals surface area contributed by atoms with E-state index in [0.717, 1.165) is 29.0 Å². The fourth-order valence-electron chi connectivity index (χ4n) is 2.35. The van der Waals surface area contributed by atoms with E-state index in [0.29, 0.717) is 5.92 Å². The van der Waals surface area contributed by atoms with Gasteiger partial charge >= 0.3 is 0 Å². The first-order valence-electron chi connectivity index (χ1n) is 7.03. The molecule has 18 heavy (non-hydrogen) atoms. The Labute approximate surface area is 116 Å². The maximum absolute atomic E-state index is 10.3. The van der Waals surface area contributed by atoms with Gasteiger partial charge < -0.3 is 5.11 Å². The van der Waals surface area contributed by atoms with E-state index < -0.39 is 6.10 Å². The van der Waals surface area contributed by atoms with E-state index >= 15 is 0 Å². The summed E-state index contributed by atoms with van der Waals surface area (Å²) in [5, 5.41) is 11.1. The molecule has 0 aromatic heterocycles. The van der Waals surface area contributed by atoms with Gasteiger partial charge in [-0.25, -0.2) is 0 Å². The average molecular weight is 269 g/mol. The Hall–Kier alpha value is -0.530. The van der Waals surface area contributed by atoms with Crippen LogP contribution in [0.5, 0.6) is 0 Å². The standard InChI is InChI=1S/C16H25ClO/c1-4-6-9-13(5-2)11-15(18)14-10-7-8-12(3)16(14)17/h7-8,10,13,15,18H,4-6,9,11H2,1-3H3. The number of aliphatic hydroxyl groups is 1. The van der Waals surface area contributed by atoms with Crippen LogP contribution in [0.15, 0.2) is 18.2 Å². The van der Waals surface area contributed by atoms with E-state index in [9.17, 15) is 5.11 Å². The molecule has 0 radical (unpaired) electrons. The van der Waals surface area contributed by atoms with Crippen molar-refractivity contribution < 1.29 is 5.11 Å². The molecule has 1 aromatic rings. The summed E-state index contributed by atoms with van der Waals surface area (Å²) >= 11 is 6.26. The summed E-state index contributed by atoms with van der Waals surface area (Å²) in [7, 11) is 0. The third kappa shape index (κ3) is 4.29. The molecule has 1 rings (SSSR count). The van der Waals surface area contributed by atoms with Crippen molar-refractivity contribution in [2.45, 2.75) is 59.0 Å². The Kier molecular flexibility index (Phi) is 6.73. The molecular formula is C16H25ClO. The Bertz CT molecular complexity index is 362. The van der Waals surface area contributed by atoms with Crippen molar-refractivity contribution >= 4 is 11.6 Å².